The summed E-state index contributed by atoms with van der Waals surface area (Å²) in [6.45, 7) is 2.41. The van der Waals surface area contributed by atoms with Crippen molar-refractivity contribution in [1.29, 1.82) is 0 Å². The van der Waals surface area contributed by atoms with Gasteiger partial charge in [0, 0.05) is 25.7 Å². The summed E-state index contributed by atoms with van der Waals surface area (Å²) < 4.78 is 43.1. The fourth-order valence-electron chi connectivity index (χ4n) is 2.26. The molecule has 2 rings (SSSR count). The minimum atomic E-state index is -3.62. The van der Waals surface area contributed by atoms with Crippen LogP contribution in [0, 0.1) is 0 Å². The molecule has 1 aromatic carbocycles. The number of sulfonamides is 1. The molecule has 1 aromatic rings. The molecule has 1 N–H and O–H groups in total. The molecule has 1 aliphatic rings. The van der Waals surface area contributed by atoms with Gasteiger partial charge in [0.05, 0.1) is 31.8 Å². The molecule has 0 bridgehead atoms. The van der Waals surface area contributed by atoms with E-state index in [1.807, 2.05) is 7.05 Å². The molecule has 22 heavy (non-hydrogen) atoms. The quantitative estimate of drug-likeness (QED) is 0.809. The van der Waals surface area contributed by atoms with Gasteiger partial charge in [0.15, 0.2) is 11.5 Å². The summed E-state index contributed by atoms with van der Waals surface area (Å²) in [5, 5.41) is 0. The van der Waals surface area contributed by atoms with E-state index in [-0.39, 0.29) is 17.5 Å². The van der Waals surface area contributed by atoms with E-state index < -0.39 is 10.0 Å². The number of likely N-dealkylation sites (N-methyl/N-ethyl adjacent to an activating group) is 1. The number of hydrogen-bond donors (Lipinski definition) is 1. The minimum Gasteiger partial charge on any atom is -0.493 e. The molecule has 1 fully saturated rings. The molecule has 1 atom stereocenters. The highest BCUT2D eigenvalue weighted by Crippen LogP contribution is 2.29. The summed E-state index contributed by atoms with van der Waals surface area (Å²) in [7, 11) is 1.33. The van der Waals surface area contributed by atoms with Crippen LogP contribution in [0.2, 0.25) is 0 Å². The summed E-state index contributed by atoms with van der Waals surface area (Å²) in [4.78, 5) is 2.24. The third-order valence-electron chi connectivity index (χ3n) is 3.51. The number of benzene rings is 1. The maximum absolute atomic E-state index is 12.3. The van der Waals surface area contributed by atoms with E-state index in [4.69, 9.17) is 14.2 Å². The van der Waals surface area contributed by atoms with Crippen LogP contribution < -0.4 is 14.2 Å². The van der Waals surface area contributed by atoms with Gasteiger partial charge in [-0.05, 0) is 19.2 Å². The average molecular weight is 330 g/mol. The Bertz CT molecular complexity index is 605. The molecular formula is C14H22N2O5S. The second kappa shape index (κ2) is 7.28. The van der Waals surface area contributed by atoms with Gasteiger partial charge < -0.3 is 19.1 Å². The van der Waals surface area contributed by atoms with E-state index in [0.717, 1.165) is 6.54 Å². The highest BCUT2D eigenvalue weighted by Gasteiger charge is 2.22. The van der Waals surface area contributed by atoms with Gasteiger partial charge in [0.1, 0.15) is 0 Å². The highest BCUT2D eigenvalue weighted by atomic mass is 32.2. The first-order chi connectivity index (χ1) is 10.5. The number of methoxy groups -OCH3 is 2. The Morgan fingerprint density at radius 1 is 1.32 bits per heavy atom. The highest BCUT2D eigenvalue weighted by molar-refractivity contribution is 7.89. The van der Waals surface area contributed by atoms with Crippen molar-refractivity contribution in [3.8, 4) is 11.5 Å². The van der Waals surface area contributed by atoms with E-state index in [0.29, 0.717) is 24.7 Å². The van der Waals surface area contributed by atoms with Crippen LogP contribution >= 0.6 is 0 Å². The average Bonchev–Trinajstić information content (AvgIpc) is 2.52. The normalized spacial score (nSPS) is 19.9. The number of morpholine rings is 1. The van der Waals surface area contributed by atoms with Crippen molar-refractivity contribution in [3.05, 3.63) is 18.2 Å². The van der Waals surface area contributed by atoms with Gasteiger partial charge in [-0.15, -0.1) is 0 Å². The van der Waals surface area contributed by atoms with E-state index >= 15 is 0 Å². The van der Waals surface area contributed by atoms with Crippen LogP contribution in [0.5, 0.6) is 11.5 Å². The molecule has 1 saturated heterocycles. The zero-order valence-electron chi connectivity index (χ0n) is 13.0. The SMILES string of the molecule is COc1ccc(S(=O)(=O)NCC2CN(C)CCO2)cc1OC. The predicted molar refractivity (Wildman–Crippen MR) is 82.0 cm³/mol. The molecule has 0 radical (unpaired) electrons. The fourth-order valence-corrected chi connectivity index (χ4v) is 3.34. The Labute approximate surface area is 131 Å². The Balaban J connectivity index is 2.06. The maximum Gasteiger partial charge on any atom is 0.240 e. The number of rotatable bonds is 6. The van der Waals surface area contributed by atoms with Crippen molar-refractivity contribution < 1.29 is 22.6 Å². The third kappa shape index (κ3) is 4.10. The lowest BCUT2D eigenvalue weighted by Crippen LogP contribution is -2.45. The summed E-state index contributed by atoms with van der Waals surface area (Å²) in [5.41, 5.74) is 0. The van der Waals surface area contributed by atoms with Crippen molar-refractivity contribution in [3.63, 3.8) is 0 Å². The first-order valence-electron chi connectivity index (χ1n) is 6.98. The van der Waals surface area contributed by atoms with E-state index in [9.17, 15) is 8.42 Å². The number of hydrogen-bond acceptors (Lipinski definition) is 6. The number of nitrogens with one attached hydrogen (secondary N) is 1. The summed E-state index contributed by atoms with van der Waals surface area (Å²) >= 11 is 0. The Kier molecular flexibility index (Phi) is 5.63. The molecule has 1 heterocycles. The van der Waals surface area contributed by atoms with Crippen LogP contribution in [0.1, 0.15) is 0 Å². The van der Waals surface area contributed by atoms with E-state index in [1.165, 1.54) is 26.4 Å². The minimum absolute atomic E-state index is 0.134. The van der Waals surface area contributed by atoms with Crippen LogP contribution in [0.25, 0.3) is 0 Å². The molecule has 1 unspecified atom stereocenters. The molecular weight excluding hydrogens is 308 g/mol. The number of nitrogens with zero attached hydrogens (tertiary/aromatic N) is 1. The molecule has 0 aromatic heterocycles. The smallest absolute Gasteiger partial charge is 0.240 e. The molecule has 8 heteroatoms. The lowest BCUT2D eigenvalue weighted by molar-refractivity contribution is -0.0156. The summed E-state index contributed by atoms with van der Waals surface area (Å²) in [6.07, 6.45) is -0.145. The van der Waals surface area contributed by atoms with Crippen LogP contribution in [-0.2, 0) is 14.8 Å². The number of ether oxygens (including phenoxy) is 3. The van der Waals surface area contributed by atoms with E-state index in [2.05, 4.69) is 9.62 Å². The van der Waals surface area contributed by atoms with Crippen molar-refractivity contribution in [2.45, 2.75) is 11.0 Å². The zero-order valence-corrected chi connectivity index (χ0v) is 13.9. The summed E-state index contributed by atoms with van der Waals surface area (Å²) in [6, 6.07) is 4.49. The molecule has 7 nitrogen and oxygen atoms in total. The lowest BCUT2D eigenvalue weighted by atomic mass is 10.3. The van der Waals surface area contributed by atoms with Gasteiger partial charge >= 0.3 is 0 Å². The molecule has 124 valence electrons. The van der Waals surface area contributed by atoms with Crippen molar-refractivity contribution in [2.24, 2.45) is 0 Å². The van der Waals surface area contributed by atoms with Crippen LogP contribution in [0.3, 0.4) is 0 Å². The largest absolute Gasteiger partial charge is 0.493 e. The summed E-state index contributed by atoms with van der Waals surface area (Å²) in [5.74, 6) is 0.859. The van der Waals surface area contributed by atoms with Gasteiger partial charge in [0.2, 0.25) is 10.0 Å². The third-order valence-corrected chi connectivity index (χ3v) is 4.93. The Hall–Kier alpha value is -1.35. The molecule has 0 amide bonds. The van der Waals surface area contributed by atoms with Gasteiger partial charge in [-0.2, -0.15) is 0 Å². The van der Waals surface area contributed by atoms with Crippen molar-refractivity contribution in [1.82, 2.24) is 9.62 Å². The van der Waals surface area contributed by atoms with Crippen LogP contribution in [0.4, 0.5) is 0 Å². The lowest BCUT2D eigenvalue weighted by Gasteiger charge is -2.30. The zero-order chi connectivity index (χ0) is 16.2. The van der Waals surface area contributed by atoms with Gasteiger partial charge in [-0.3, -0.25) is 0 Å². The van der Waals surface area contributed by atoms with Gasteiger partial charge in [0.25, 0.3) is 0 Å². The Morgan fingerprint density at radius 3 is 2.68 bits per heavy atom. The second-order valence-corrected chi connectivity index (χ2v) is 6.89. The topological polar surface area (TPSA) is 77.1 Å². The standard InChI is InChI=1S/C14H22N2O5S/c1-16-6-7-21-11(10-16)9-15-22(17,18)12-4-5-13(19-2)14(8-12)20-3/h4-5,8,11,15H,6-7,9-10H2,1-3H3. The monoisotopic (exact) mass is 330 g/mol. The van der Waals surface area contributed by atoms with Crippen LogP contribution in [-0.4, -0.2) is 66.9 Å². The molecule has 1 aliphatic heterocycles. The maximum atomic E-state index is 12.3. The predicted octanol–water partition coefficient (Wildman–Crippen LogP) is 0.313. The first kappa shape index (κ1) is 17.0. The first-order valence-corrected chi connectivity index (χ1v) is 8.46. The van der Waals surface area contributed by atoms with Crippen molar-refractivity contribution >= 4 is 10.0 Å². The van der Waals surface area contributed by atoms with E-state index in [1.54, 1.807) is 6.07 Å². The second-order valence-electron chi connectivity index (χ2n) is 5.12. The fraction of sp³-hybridized carbons (Fsp3) is 0.571. The molecule has 0 aliphatic carbocycles. The Morgan fingerprint density at radius 2 is 2.05 bits per heavy atom. The molecule has 0 spiro atoms. The van der Waals surface area contributed by atoms with Crippen LogP contribution in [0.15, 0.2) is 23.1 Å². The van der Waals surface area contributed by atoms with Crippen molar-refractivity contribution in [2.75, 3.05) is 47.5 Å². The van der Waals surface area contributed by atoms with Gasteiger partial charge in [-0.25, -0.2) is 13.1 Å². The van der Waals surface area contributed by atoms with Gasteiger partial charge in [-0.1, -0.05) is 0 Å². The molecule has 0 saturated carbocycles.